The number of nitrogens with one attached hydrogen (secondary N) is 1. The highest BCUT2D eigenvalue weighted by molar-refractivity contribution is 14.1. The van der Waals surface area contributed by atoms with Gasteiger partial charge >= 0.3 is 0 Å². The van der Waals surface area contributed by atoms with Gasteiger partial charge < -0.3 is 15.0 Å². The van der Waals surface area contributed by atoms with Gasteiger partial charge in [0.05, 0.1) is 0 Å². The molecule has 20 heavy (non-hydrogen) atoms. The molecule has 0 bridgehead atoms. The first kappa shape index (κ1) is 17.2. The summed E-state index contributed by atoms with van der Waals surface area (Å²) < 4.78 is 5.85. The second kappa shape index (κ2) is 8.46. The van der Waals surface area contributed by atoms with Gasteiger partial charge in [-0.2, -0.15) is 0 Å². The number of benzene rings is 1. The van der Waals surface area contributed by atoms with Crippen molar-refractivity contribution in [2.75, 3.05) is 31.1 Å². The highest BCUT2D eigenvalue weighted by atomic mass is 127. The summed E-state index contributed by atoms with van der Waals surface area (Å²) in [6, 6.07) is 8.73. The van der Waals surface area contributed by atoms with Crippen LogP contribution in [0, 0.1) is 3.57 Å². The Labute approximate surface area is 135 Å². The average molecular weight is 390 g/mol. The van der Waals surface area contributed by atoms with E-state index in [0.717, 1.165) is 26.2 Å². The number of anilines is 1. The number of hydrogen-bond acceptors (Lipinski definition) is 4. The summed E-state index contributed by atoms with van der Waals surface area (Å²) in [4.78, 5) is 12.0. The van der Waals surface area contributed by atoms with Gasteiger partial charge in [0.1, 0.15) is 5.60 Å². The van der Waals surface area contributed by atoms with Crippen LogP contribution in [0.4, 0.5) is 5.69 Å². The number of carbonyl (C=O) groups is 1. The highest BCUT2D eigenvalue weighted by Gasteiger charge is 2.09. The fourth-order valence-corrected chi connectivity index (χ4v) is 2.08. The molecule has 0 unspecified atom stereocenters. The van der Waals surface area contributed by atoms with Crippen LogP contribution in [-0.2, 0) is 9.53 Å². The molecule has 0 amide bonds. The fraction of sp³-hybridized carbons (Fsp3) is 0.533. The molecule has 2 rings (SSSR count). The molecule has 1 N–H and O–H groups in total. The van der Waals surface area contributed by atoms with Crippen molar-refractivity contribution in [3.8, 4) is 0 Å². The Kier molecular flexibility index (Phi) is 7.29. The first-order chi connectivity index (χ1) is 9.42. The van der Waals surface area contributed by atoms with Gasteiger partial charge in [0.2, 0.25) is 0 Å². The monoisotopic (exact) mass is 390 g/mol. The number of halogens is 1. The molecule has 1 aromatic carbocycles. The Hall–Kier alpha value is -0.820. The zero-order valence-corrected chi connectivity index (χ0v) is 14.5. The maximum absolute atomic E-state index is 9.60. The lowest BCUT2D eigenvalue weighted by Crippen LogP contribution is -2.43. The predicted octanol–water partition coefficient (Wildman–Crippen LogP) is 2.66. The van der Waals surface area contributed by atoms with Crippen molar-refractivity contribution in [3.63, 3.8) is 0 Å². The smallest absolute Gasteiger partial charge is 0.293 e. The van der Waals surface area contributed by atoms with Gasteiger partial charge in [0.15, 0.2) is 0 Å². The maximum atomic E-state index is 9.60. The van der Waals surface area contributed by atoms with Crippen LogP contribution in [0.5, 0.6) is 0 Å². The summed E-state index contributed by atoms with van der Waals surface area (Å²) in [5.41, 5.74) is 1.03. The molecular formula is C15H23IN2O2. The Morgan fingerprint density at radius 2 is 1.75 bits per heavy atom. The van der Waals surface area contributed by atoms with Crippen LogP contribution >= 0.6 is 22.6 Å². The normalized spacial score (nSPS) is 15.1. The maximum Gasteiger partial charge on any atom is 0.293 e. The Morgan fingerprint density at radius 1 is 1.20 bits per heavy atom. The Balaban J connectivity index is 0.000000246. The molecule has 1 aliphatic heterocycles. The molecule has 0 saturated carbocycles. The summed E-state index contributed by atoms with van der Waals surface area (Å²) in [5.74, 6) is 0. The highest BCUT2D eigenvalue weighted by Crippen LogP contribution is 2.16. The third kappa shape index (κ3) is 7.09. The van der Waals surface area contributed by atoms with E-state index in [1.165, 1.54) is 9.26 Å². The van der Waals surface area contributed by atoms with Gasteiger partial charge in [-0.15, -0.1) is 0 Å². The minimum atomic E-state index is -0.318. The zero-order chi connectivity index (χ0) is 15.0. The Morgan fingerprint density at radius 3 is 2.15 bits per heavy atom. The quantitative estimate of drug-likeness (QED) is 0.623. The van der Waals surface area contributed by atoms with E-state index in [0.29, 0.717) is 6.47 Å². The van der Waals surface area contributed by atoms with E-state index in [-0.39, 0.29) is 5.60 Å². The zero-order valence-electron chi connectivity index (χ0n) is 12.4. The largest absolute Gasteiger partial charge is 0.462 e. The SMILES string of the molecule is CC(C)(C)OC=O.Ic1ccc(N2CCNCC2)cc1. The lowest BCUT2D eigenvalue weighted by molar-refractivity contribution is -0.138. The summed E-state index contributed by atoms with van der Waals surface area (Å²) in [7, 11) is 0. The molecule has 1 heterocycles. The van der Waals surface area contributed by atoms with Crippen LogP contribution in [0.15, 0.2) is 24.3 Å². The molecule has 4 nitrogen and oxygen atoms in total. The van der Waals surface area contributed by atoms with Gasteiger partial charge in [-0.1, -0.05) is 0 Å². The number of piperazine rings is 1. The van der Waals surface area contributed by atoms with Crippen molar-refractivity contribution in [1.29, 1.82) is 0 Å². The number of rotatable bonds is 2. The van der Waals surface area contributed by atoms with Gasteiger partial charge in [-0.05, 0) is 67.6 Å². The average Bonchev–Trinajstić information content (AvgIpc) is 2.40. The number of nitrogens with zero attached hydrogens (tertiary/aromatic N) is 1. The lowest BCUT2D eigenvalue weighted by atomic mass is 10.2. The standard InChI is InChI=1S/C10H13IN2.C5H10O2/c11-9-1-3-10(4-2-9)13-7-5-12-6-8-13;1-5(2,3)7-4-6/h1-4,12H,5-8H2;4H,1-3H3. The molecule has 0 spiro atoms. The van der Waals surface area contributed by atoms with Crippen LogP contribution in [0.1, 0.15) is 20.8 Å². The fourth-order valence-electron chi connectivity index (χ4n) is 1.72. The third-order valence-corrected chi connectivity index (χ3v) is 3.43. The van der Waals surface area contributed by atoms with Crippen molar-refractivity contribution in [3.05, 3.63) is 27.8 Å². The van der Waals surface area contributed by atoms with Gasteiger partial charge in [0.25, 0.3) is 6.47 Å². The van der Waals surface area contributed by atoms with Gasteiger partial charge in [-0.3, -0.25) is 4.79 Å². The topological polar surface area (TPSA) is 41.6 Å². The van der Waals surface area contributed by atoms with Crippen LogP contribution in [0.25, 0.3) is 0 Å². The molecule has 112 valence electrons. The molecule has 1 saturated heterocycles. The molecule has 0 aromatic heterocycles. The van der Waals surface area contributed by atoms with Crippen molar-refractivity contribution in [2.24, 2.45) is 0 Å². The lowest BCUT2D eigenvalue weighted by Gasteiger charge is -2.29. The number of carbonyl (C=O) groups excluding carboxylic acids is 1. The van der Waals surface area contributed by atoms with E-state index in [1.54, 1.807) is 0 Å². The van der Waals surface area contributed by atoms with E-state index in [2.05, 4.69) is 61.8 Å². The molecule has 1 aromatic rings. The minimum Gasteiger partial charge on any atom is -0.462 e. The van der Waals surface area contributed by atoms with Gasteiger partial charge in [-0.25, -0.2) is 0 Å². The van der Waals surface area contributed by atoms with Crippen molar-refractivity contribution < 1.29 is 9.53 Å². The van der Waals surface area contributed by atoms with E-state index in [9.17, 15) is 4.79 Å². The predicted molar refractivity (Wildman–Crippen MR) is 91.1 cm³/mol. The van der Waals surface area contributed by atoms with Crippen LogP contribution in [0.3, 0.4) is 0 Å². The van der Waals surface area contributed by atoms with Crippen LogP contribution in [0.2, 0.25) is 0 Å². The number of hydrogen-bond donors (Lipinski definition) is 1. The van der Waals surface area contributed by atoms with Crippen LogP contribution < -0.4 is 10.2 Å². The molecular weight excluding hydrogens is 367 g/mol. The molecule has 1 fully saturated rings. The first-order valence-corrected chi connectivity index (χ1v) is 7.83. The summed E-state index contributed by atoms with van der Waals surface area (Å²) in [5, 5.41) is 3.35. The summed E-state index contributed by atoms with van der Waals surface area (Å²) >= 11 is 2.34. The molecule has 5 heteroatoms. The van der Waals surface area contributed by atoms with Gasteiger partial charge in [0, 0.05) is 35.4 Å². The molecule has 1 aliphatic rings. The van der Waals surface area contributed by atoms with Crippen molar-refractivity contribution >= 4 is 34.8 Å². The molecule has 0 aliphatic carbocycles. The summed E-state index contributed by atoms with van der Waals surface area (Å²) in [6.45, 7) is 10.4. The second-order valence-electron chi connectivity index (χ2n) is 5.54. The second-order valence-corrected chi connectivity index (χ2v) is 6.79. The first-order valence-electron chi connectivity index (χ1n) is 6.75. The van der Waals surface area contributed by atoms with Crippen LogP contribution in [-0.4, -0.2) is 38.3 Å². The molecule has 0 atom stereocenters. The van der Waals surface area contributed by atoms with E-state index in [4.69, 9.17) is 0 Å². The third-order valence-electron chi connectivity index (χ3n) is 2.71. The summed E-state index contributed by atoms with van der Waals surface area (Å²) in [6.07, 6.45) is 0. The van der Waals surface area contributed by atoms with E-state index in [1.807, 2.05) is 20.8 Å². The minimum absolute atomic E-state index is 0.318. The number of ether oxygens (including phenoxy) is 1. The van der Waals surface area contributed by atoms with Crippen molar-refractivity contribution in [2.45, 2.75) is 26.4 Å². The Bertz CT molecular complexity index is 395. The van der Waals surface area contributed by atoms with E-state index < -0.39 is 0 Å². The van der Waals surface area contributed by atoms with Crippen molar-refractivity contribution in [1.82, 2.24) is 5.32 Å². The van der Waals surface area contributed by atoms with E-state index >= 15 is 0 Å². The molecule has 0 radical (unpaired) electrons.